The first-order valence-electron chi connectivity index (χ1n) is 7.16. The summed E-state index contributed by atoms with van der Waals surface area (Å²) in [6, 6.07) is -0.269. The van der Waals surface area contributed by atoms with Gasteiger partial charge in [0.25, 0.3) is 0 Å². The van der Waals surface area contributed by atoms with Crippen LogP contribution in [-0.2, 0) is 9.47 Å². The minimum Gasteiger partial charge on any atom is -0.444 e. The van der Waals surface area contributed by atoms with Gasteiger partial charge in [-0.3, -0.25) is 4.90 Å². The molecule has 5 nitrogen and oxygen atoms in total. The van der Waals surface area contributed by atoms with Gasteiger partial charge in [-0.1, -0.05) is 0 Å². The number of rotatable bonds is 6. The Labute approximate surface area is 120 Å². The minimum absolute atomic E-state index is 0.0690. The molecule has 0 aromatic heterocycles. The SMILES string of the molecule is CC(C)(C)OC(=O)N1C[C@@H](F)C[C@H]1COCCCCO. The van der Waals surface area contributed by atoms with E-state index >= 15 is 0 Å². The van der Waals surface area contributed by atoms with E-state index in [0.717, 1.165) is 6.42 Å². The number of amides is 1. The molecule has 1 heterocycles. The molecule has 0 radical (unpaired) electrons. The number of ether oxygens (including phenoxy) is 2. The summed E-state index contributed by atoms with van der Waals surface area (Å²) in [6.45, 7) is 6.39. The van der Waals surface area contributed by atoms with E-state index in [1.165, 1.54) is 4.90 Å². The van der Waals surface area contributed by atoms with Crippen LogP contribution in [0.15, 0.2) is 0 Å². The van der Waals surface area contributed by atoms with Crippen molar-refractivity contribution in [2.24, 2.45) is 0 Å². The lowest BCUT2D eigenvalue weighted by molar-refractivity contribution is 0.00984. The highest BCUT2D eigenvalue weighted by Crippen LogP contribution is 2.23. The third-order valence-corrected chi connectivity index (χ3v) is 3.00. The molecule has 118 valence electrons. The highest BCUT2D eigenvalue weighted by Gasteiger charge is 2.37. The number of aliphatic hydroxyl groups excluding tert-OH is 1. The molecule has 1 fully saturated rings. The van der Waals surface area contributed by atoms with Gasteiger partial charge in [-0.05, 0) is 33.6 Å². The molecule has 1 aliphatic heterocycles. The van der Waals surface area contributed by atoms with Crippen molar-refractivity contribution in [3.63, 3.8) is 0 Å². The monoisotopic (exact) mass is 291 g/mol. The van der Waals surface area contributed by atoms with E-state index < -0.39 is 17.9 Å². The van der Waals surface area contributed by atoms with Crippen molar-refractivity contribution in [3.8, 4) is 0 Å². The molecule has 1 rings (SSSR count). The van der Waals surface area contributed by atoms with Gasteiger partial charge in [-0.15, -0.1) is 0 Å². The van der Waals surface area contributed by atoms with E-state index in [-0.39, 0.29) is 19.2 Å². The number of carbonyl (C=O) groups excluding carboxylic acids is 1. The normalized spacial score (nSPS) is 23.1. The Bertz CT molecular complexity index is 306. The van der Waals surface area contributed by atoms with Crippen LogP contribution in [0, 0.1) is 0 Å². The van der Waals surface area contributed by atoms with E-state index in [0.29, 0.717) is 26.1 Å². The van der Waals surface area contributed by atoms with Gasteiger partial charge in [0.2, 0.25) is 0 Å². The van der Waals surface area contributed by atoms with Crippen LogP contribution in [0.2, 0.25) is 0 Å². The molecule has 0 bridgehead atoms. The molecule has 0 aromatic carbocycles. The summed E-state index contributed by atoms with van der Waals surface area (Å²) in [4.78, 5) is 13.4. The van der Waals surface area contributed by atoms with Crippen molar-refractivity contribution in [2.75, 3.05) is 26.4 Å². The van der Waals surface area contributed by atoms with Crippen LogP contribution in [-0.4, -0.2) is 60.3 Å². The number of halogens is 1. The maximum atomic E-state index is 13.5. The quantitative estimate of drug-likeness (QED) is 0.762. The molecular formula is C14H26FNO4. The lowest BCUT2D eigenvalue weighted by Crippen LogP contribution is -2.42. The molecule has 0 spiro atoms. The second-order valence-electron chi connectivity index (χ2n) is 6.13. The average molecular weight is 291 g/mol. The standard InChI is InChI=1S/C14H26FNO4/c1-14(2,3)20-13(18)16-9-11(15)8-12(16)10-19-7-5-4-6-17/h11-12,17H,4-10H2,1-3H3/t11-,12-/m0/s1. The van der Waals surface area contributed by atoms with Gasteiger partial charge in [-0.2, -0.15) is 0 Å². The summed E-state index contributed by atoms with van der Waals surface area (Å²) in [5, 5.41) is 8.66. The Hall–Kier alpha value is -0.880. The van der Waals surface area contributed by atoms with E-state index in [2.05, 4.69) is 0 Å². The Morgan fingerprint density at radius 3 is 2.70 bits per heavy atom. The van der Waals surface area contributed by atoms with Crippen LogP contribution in [0.1, 0.15) is 40.0 Å². The molecular weight excluding hydrogens is 265 g/mol. The van der Waals surface area contributed by atoms with Gasteiger partial charge in [-0.25, -0.2) is 9.18 Å². The van der Waals surface area contributed by atoms with Crippen molar-refractivity contribution >= 4 is 6.09 Å². The van der Waals surface area contributed by atoms with Crippen LogP contribution in [0.3, 0.4) is 0 Å². The largest absolute Gasteiger partial charge is 0.444 e. The number of aliphatic hydroxyl groups is 1. The zero-order valence-electron chi connectivity index (χ0n) is 12.6. The van der Waals surface area contributed by atoms with Crippen LogP contribution < -0.4 is 0 Å². The van der Waals surface area contributed by atoms with Crippen molar-refractivity contribution < 1.29 is 23.8 Å². The maximum Gasteiger partial charge on any atom is 0.410 e. The first kappa shape index (κ1) is 17.2. The van der Waals surface area contributed by atoms with Crippen molar-refractivity contribution in [1.82, 2.24) is 4.90 Å². The van der Waals surface area contributed by atoms with Crippen LogP contribution in [0.5, 0.6) is 0 Å². The third-order valence-electron chi connectivity index (χ3n) is 3.00. The molecule has 0 unspecified atom stereocenters. The number of hydrogen-bond acceptors (Lipinski definition) is 4. The number of hydrogen-bond donors (Lipinski definition) is 1. The highest BCUT2D eigenvalue weighted by molar-refractivity contribution is 5.69. The summed E-state index contributed by atoms with van der Waals surface area (Å²) in [6.07, 6.45) is 0.232. The van der Waals surface area contributed by atoms with Crippen LogP contribution in [0.4, 0.5) is 9.18 Å². The molecule has 6 heteroatoms. The second-order valence-corrected chi connectivity index (χ2v) is 6.13. The number of alkyl halides is 1. The minimum atomic E-state index is -1.02. The van der Waals surface area contributed by atoms with E-state index in [9.17, 15) is 9.18 Å². The van der Waals surface area contributed by atoms with Crippen LogP contribution in [0.25, 0.3) is 0 Å². The number of likely N-dealkylation sites (tertiary alicyclic amines) is 1. The summed E-state index contributed by atoms with van der Waals surface area (Å²) in [5.74, 6) is 0. The van der Waals surface area contributed by atoms with E-state index in [1.807, 2.05) is 0 Å². The van der Waals surface area contributed by atoms with E-state index in [1.54, 1.807) is 20.8 Å². The lowest BCUT2D eigenvalue weighted by Gasteiger charge is -2.28. The summed E-state index contributed by atoms with van der Waals surface area (Å²) in [7, 11) is 0. The van der Waals surface area contributed by atoms with Crippen molar-refractivity contribution in [2.45, 2.75) is 57.8 Å². The number of nitrogens with zero attached hydrogens (tertiary/aromatic N) is 1. The molecule has 20 heavy (non-hydrogen) atoms. The fourth-order valence-corrected chi connectivity index (χ4v) is 2.10. The van der Waals surface area contributed by atoms with Gasteiger partial charge < -0.3 is 14.6 Å². The third kappa shape index (κ3) is 6.05. The molecule has 2 atom stereocenters. The Morgan fingerprint density at radius 1 is 1.40 bits per heavy atom. The van der Waals surface area contributed by atoms with Gasteiger partial charge in [0.1, 0.15) is 11.8 Å². The number of carbonyl (C=O) groups is 1. The molecule has 1 saturated heterocycles. The lowest BCUT2D eigenvalue weighted by atomic mass is 10.2. The predicted octanol–water partition coefficient (Wildman–Crippen LogP) is 2.12. The zero-order valence-corrected chi connectivity index (χ0v) is 12.6. The molecule has 0 saturated carbocycles. The molecule has 0 aliphatic carbocycles. The molecule has 0 aromatic rings. The van der Waals surface area contributed by atoms with Crippen LogP contribution >= 0.6 is 0 Å². The average Bonchev–Trinajstić information content (AvgIpc) is 2.68. The van der Waals surface area contributed by atoms with Gasteiger partial charge in [0.05, 0.1) is 19.2 Å². The molecule has 1 N–H and O–H groups in total. The fraction of sp³-hybridized carbons (Fsp3) is 0.929. The zero-order chi connectivity index (χ0) is 15.2. The Balaban J connectivity index is 2.41. The first-order valence-corrected chi connectivity index (χ1v) is 7.16. The topological polar surface area (TPSA) is 59.0 Å². The molecule has 1 aliphatic rings. The Kier molecular flexibility index (Phi) is 6.68. The fourth-order valence-electron chi connectivity index (χ4n) is 2.10. The summed E-state index contributed by atoms with van der Waals surface area (Å²) in [5.41, 5.74) is -0.585. The predicted molar refractivity (Wildman–Crippen MR) is 73.4 cm³/mol. The van der Waals surface area contributed by atoms with E-state index in [4.69, 9.17) is 14.6 Å². The van der Waals surface area contributed by atoms with Gasteiger partial charge >= 0.3 is 6.09 Å². The Morgan fingerprint density at radius 2 is 2.10 bits per heavy atom. The summed E-state index contributed by atoms with van der Waals surface area (Å²) < 4.78 is 24.2. The van der Waals surface area contributed by atoms with Gasteiger partial charge in [0, 0.05) is 19.6 Å². The first-order chi connectivity index (χ1) is 9.33. The highest BCUT2D eigenvalue weighted by atomic mass is 19.1. The van der Waals surface area contributed by atoms with Crippen molar-refractivity contribution in [1.29, 1.82) is 0 Å². The maximum absolute atomic E-state index is 13.5. The summed E-state index contributed by atoms with van der Waals surface area (Å²) >= 11 is 0. The second kappa shape index (κ2) is 7.78. The smallest absolute Gasteiger partial charge is 0.410 e. The van der Waals surface area contributed by atoms with Crippen molar-refractivity contribution in [3.05, 3.63) is 0 Å². The van der Waals surface area contributed by atoms with Gasteiger partial charge in [0.15, 0.2) is 0 Å². The molecule has 1 amide bonds. The number of unbranched alkanes of at least 4 members (excludes halogenated alkanes) is 1.